The molecule has 0 saturated carbocycles. The van der Waals surface area contributed by atoms with Gasteiger partial charge in [-0.1, -0.05) is 13.8 Å². The van der Waals surface area contributed by atoms with Gasteiger partial charge in [0.05, 0.1) is 6.54 Å². The second kappa shape index (κ2) is 7.43. The Morgan fingerprint density at radius 2 is 2.24 bits per heavy atom. The number of aryl methyl sites for hydroxylation is 1. The molecule has 1 atom stereocenters. The van der Waals surface area contributed by atoms with Crippen LogP contribution in [0.1, 0.15) is 37.4 Å². The van der Waals surface area contributed by atoms with Gasteiger partial charge in [-0.3, -0.25) is 4.90 Å². The molecule has 0 radical (unpaired) electrons. The third kappa shape index (κ3) is 5.13. The minimum absolute atomic E-state index is 0.504. The molecule has 1 aromatic heterocycles. The largest absolute Gasteiger partial charge is 0.465 e. The number of nitrogens with one attached hydrogen (secondary N) is 1. The highest BCUT2D eigenvalue weighted by molar-refractivity contribution is 5.20. The van der Waals surface area contributed by atoms with Gasteiger partial charge in [0, 0.05) is 31.2 Å². The molecule has 1 aromatic rings. The van der Waals surface area contributed by atoms with Gasteiger partial charge in [0.1, 0.15) is 11.5 Å². The maximum Gasteiger partial charge on any atom is 0.118 e. The molecular weight excluding hydrogens is 262 g/mol. The first-order valence-electron chi connectivity index (χ1n) is 8.12. The zero-order valence-electron chi connectivity index (χ0n) is 14.3. The highest BCUT2D eigenvalue weighted by Crippen LogP contribution is 2.19. The Bertz CT molecular complexity index is 441. The summed E-state index contributed by atoms with van der Waals surface area (Å²) < 4.78 is 5.91. The van der Waals surface area contributed by atoms with E-state index in [1.165, 1.54) is 25.1 Å². The fourth-order valence-corrected chi connectivity index (χ4v) is 3.10. The fourth-order valence-electron chi connectivity index (χ4n) is 3.10. The normalized spacial score (nSPS) is 20.0. The summed E-state index contributed by atoms with van der Waals surface area (Å²) in [7, 11) is 4.41. The van der Waals surface area contributed by atoms with Crippen molar-refractivity contribution in [2.75, 3.05) is 33.7 Å². The van der Waals surface area contributed by atoms with Crippen LogP contribution in [-0.2, 0) is 13.1 Å². The number of likely N-dealkylation sites (tertiary alicyclic amines) is 1. The monoisotopic (exact) mass is 293 g/mol. The standard InChI is InChI=1S/C17H31N3O/c1-13(2)18-9-16-8-17(21-14(16)3)12-20(5)11-15-6-7-19(4)10-15/h8,13,15,18H,6-7,9-12H2,1-5H3. The second-order valence-electron chi connectivity index (χ2n) is 6.94. The quantitative estimate of drug-likeness (QED) is 0.837. The predicted molar refractivity (Wildman–Crippen MR) is 87.4 cm³/mol. The molecule has 0 aliphatic carbocycles. The van der Waals surface area contributed by atoms with Crippen molar-refractivity contribution in [1.82, 2.24) is 15.1 Å². The van der Waals surface area contributed by atoms with E-state index in [0.717, 1.165) is 37.1 Å². The minimum Gasteiger partial charge on any atom is -0.465 e. The topological polar surface area (TPSA) is 31.7 Å². The average molecular weight is 293 g/mol. The first-order chi connectivity index (χ1) is 9.94. The van der Waals surface area contributed by atoms with E-state index < -0.39 is 0 Å². The Morgan fingerprint density at radius 1 is 1.48 bits per heavy atom. The summed E-state index contributed by atoms with van der Waals surface area (Å²) in [6.45, 7) is 11.8. The summed E-state index contributed by atoms with van der Waals surface area (Å²) in [5.74, 6) is 2.94. The maximum atomic E-state index is 5.91. The van der Waals surface area contributed by atoms with Gasteiger partial charge in [-0.25, -0.2) is 0 Å². The van der Waals surface area contributed by atoms with Gasteiger partial charge < -0.3 is 14.6 Å². The van der Waals surface area contributed by atoms with E-state index in [9.17, 15) is 0 Å². The SMILES string of the molecule is Cc1oc(CN(C)CC2CCN(C)C2)cc1CNC(C)C. The van der Waals surface area contributed by atoms with Crippen molar-refractivity contribution >= 4 is 0 Å². The summed E-state index contributed by atoms with van der Waals surface area (Å²) in [5, 5.41) is 3.45. The van der Waals surface area contributed by atoms with Crippen LogP contribution in [0.4, 0.5) is 0 Å². The van der Waals surface area contributed by atoms with Gasteiger partial charge in [-0.2, -0.15) is 0 Å². The number of hydrogen-bond acceptors (Lipinski definition) is 4. The van der Waals surface area contributed by atoms with Crippen LogP contribution in [0.25, 0.3) is 0 Å². The number of furan rings is 1. The molecular formula is C17H31N3O. The Balaban J connectivity index is 1.83. The lowest BCUT2D eigenvalue weighted by Crippen LogP contribution is -2.27. The molecule has 1 aliphatic rings. The molecule has 0 bridgehead atoms. The number of nitrogens with zero attached hydrogens (tertiary/aromatic N) is 2. The zero-order chi connectivity index (χ0) is 15.4. The van der Waals surface area contributed by atoms with Gasteiger partial charge >= 0.3 is 0 Å². The second-order valence-corrected chi connectivity index (χ2v) is 6.94. The summed E-state index contributed by atoms with van der Waals surface area (Å²) in [6, 6.07) is 2.71. The molecule has 4 nitrogen and oxygen atoms in total. The van der Waals surface area contributed by atoms with Gasteiger partial charge in [-0.05, 0) is 46.0 Å². The van der Waals surface area contributed by atoms with Crippen molar-refractivity contribution in [1.29, 1.82) is 0 Å². The maximum absolute atomic E-state index is 5.91. The van der Waals surface area contributed by atoms with E-state index in [4.69, 9.17) is 4.42 Å². The van der Waals surface area contributed by atoms with Crippen molar-refractivity contribution in [3.05, 3.63) is 23.2 Å². The third-order valence-electron chi connectivity index (χ3n) is 4.26. The predicted octanol–water partition coefficient (Wildman–Crippen LogP) is 2.47. The van der Waals surface area contributed by atoms with Gasteiger partial charge in [0.15, 0.2) is 0 Å². The molecule has 120 valence electrons. The number of hydrogen-bond donors (Lipinski definition) is 1. The van der Waals surface area contributed by atoms with Crippen LogP contribution in [0.3, 0.4) is 0 Å². The van der Waals surface area contributed by atoms with Crippen LogP contribution in [-0.4, -0.2) is 49.6 Å². The van der Waals surface area contributed by atoms with Crippen LogP contribution in [0.2, 0.25) is 0 Å². The van der Waals surface area contributed by atoms with Gasteiger partial charge in [-0.15, -0.1) is 0 Å². The molecule has 0 spiro atoms. The zero-order valence-corrected chi connectivity index (χ0v) is 14.3. The van der Waals surface area contributed by atoms with Crippen molar-refractivity contribution in [2.24, 2.45) is 5.92 Å². The van der Waals surface area contributed by atoms with E-state index in [1.54, 1.807) is 0 Å². The molecule has 1 fully saturated rings. The molecule has 1 saturated heterocycles. The van der Waals surface area contributed by atoms with Crippen molar-refractivity contribution in [3.63, 3.8) is 0 Å². The first-order valence-corrected chi connectivity index (χ1v) is 8.12. The molecule has 21 heavy (non-hydrogen) atoms. The Labute approximate surface area is 129 Å². The minimum atomic E-state index is 0.504. The van der Waals surface area contributed by atoms with Crippen LogP contribution in [0, 0.1) is 12.8 Å². The molecule has 2 rings (SSSR count). The highest BCUT2D eigenvalue weighted by atomic mass is 16.3. The smallest absolute Gasteiger partial charge is 0.118 e. The molecule has 4 heteroatoms. The van der Waals surface area contributed by atoms with E-state index in [2.05, 4.69) is 56.0 Å². The van der Waals surface area contributed by atoms with Crippen molar-refractivity contribution in [3.8, 4) is 0 Å². The van der Waals surface area contributed by atoms with Gasteiger partial charge in [0.2, 0.25) is 0 Å². The van der Waals surface area contributed by atoms with Crippen LogP contribution in [0.15, 0.2) is 10.5 Å². The molecule has 1 unspecified atom stereocenters. The summed E-state index contributed by atoms with van der Waals surface area (Å²) in [6.07, 6.45) is 1.32. The van der Waals surface area contributed by atoms with Crippen molar-refractivity contribution in [2.45, 2.75) is 46.3 Å². The van der Waals surface area contributed by atoms with Crippen LogP contribution < -0.4 is 5.32 Å². The lowest BCUT2D eigenvalue weighted by Gasteiger charge is -2.19. The van der Waals surface area contributed by atoms with E-state index in [1.807, 2.05) is 0 Å². The van der Waals surface area contributed by atoms with Gasteiger partial charge in [0.25, 0.3) is 0 Å². The first kappa shape index (κ1) is 16.5. The fraction of sp³-hybridized carbons (Fsp3) is 0.765. The summed E-state index contributed by atoms with van der Waals surface area (Å²) in [4.78, 5) is 4.81. The summed E-state index contributed by atoms with van der Waals surface area (Å²) in [5.41, 5.74) is 1.28. The lowest BCUT2D eigenvalue weighted by molar-refractivity contribution is 0.247. The Hall–Kier alpha value is -0.840. The van der Waals surface area contributed by atoms with Crippen LogP contribution in [0.5, 0.6) is 0 Å². The average Bonchev–Trinajstić information content (AvgIpc) is 2.93. The third-order valence-corrected chi connectivity index (χ3v) is 4.26. The summed E-state index contributed by atoms with van der Waals surface area (Å²) >= 11 is 0. The van der Waals surface area contributed by atoms with Crippen LogP contribution >= 0.6 is 0 Å². The highest BCUT2D eigenvalue weighted by Gasteiger charge is 2.21. The Kier molecular flexibility index (Phi) is 5.85. The van der Waals surface area contributed by atoms with E-state index >= 15 is 0 Å². The molecule has 0 amide bonds. The lowest BCUT2D eigenvalue weighted by atomic mass is 10.1. The van der Waals surface area contributed by atoms with E-state index in [-0.39, 0.29) is 0 Å². The number of rotatable bonds is 7. The van der Waals surface area contributed by atoms with E-state index in [0.29, 0.717) is 6.04 Å². The Morgan fingerprint density at radius 3 is 2.86 bits per heavy atom. The van der Waals surface area contributed by atoms with Crippen molar-refractivity contribution < 1.29 is 4.42 Å². The molecule has 1 N–H and O–H groups in total. The molecule has 0 aromatic carbocycles. The molecule has 1 aliphatic heterocycles. The molecule has 2 heterocycles.